The molecular formula is C28H56O4Sn. The van der Waals surface area contributed by atoms with E-state index in [1.807, 2.05) is 0 Å². The van der Waals surface area contributed by atoms with Crippen LogP contribution < -0.4 is 0 Å². The molecule has 0 aliphatic heterocycles. The second-order valence-corrected chi connectivity index (χ2v) is 19.2. The summed E-state index contributed by atoms with van der Waals surface area (Å²) in [5, 5.41) is 0. The molecule has 0 aromatic carbocycles. The second kappa shape index (κ2) is 23.5. The van der Waals surface area contributed by atoms with E-state index < -0.39 is 19.2 Å². The number of carbonyl (C=O) groups is 2. The van der Waals surface area contributed by atoms with E-state index in [2.05, 4.69) is 13.8 Å². The zero-order valence-electron chi connectivity index (χ0n) is 22.7. The number of carbonyl (C=O) groups excluding carboxylic acids is 2. The average molecular weight is 575 g/mol. The van der Waals surface area contributed by atoms with Gasteiger partial charge in [0.2, 0.25) is 0 Å². The molecule has 0 atom stereocenters. The summed E-state index contributed by atoms with van der Waals surface area (Å²) in [5.41, 5.74) is 0. The second-order valence-electron chi connectivity index (χ2n) is 9.96. The quantitative estimate of drug-likeness (QED) is 0.0850. The molecule has 4 nitrogen and oxygen atoms in total. The predicted octanol–water partition coefficient (Wildman–Crippen LogP) is 9.40. The molecule has 196 valence electrons. The van der Waals surface area contributed by atoms with Crippen molar-refractivity contribution in [1.82, 2.24) is 0 Å². The van der Waals surface area contributed by atoms with Gasteiger partial charge in [-0.15, -0.1) is 0 Å². The normalized spacial score (nSPS) is 11.5. The van der Waals surface area contributed by atoms with Gasteiger partial charge in [0, 0.05) is 0 Å². The molecule has 0 spiro atoms. The molecule has 5 heteroatoms. The summed E-state index contributed by atoms with van der Waals surface area (Å²) in [5.74, 6) is -0.544. The van der Waals surface area contributed by atoms with E-state index in [1.165, 1.54) is 117 Å². The SMILES string of the molecule is CCCCCCCCCCC[CH2][Sn]([CH2]CCCCCCCCCCC)([O]C(C)=O)[O]C(C)=O. The van der Waals surface area contributed by atoms with E-state index in [1.54, 1.807) is 0 Å². The van der Waals surface area contributed by atoms with Gasteiger partial charge in [0.15, 0.2) is 0 Å². The molecule has 0 fully saturated rings. The van der Waals surface area contributed by atoms with Crippen LogP contribution in [0.4, 0.5) is 0 Å². The van der Waals surface area contributed by atoms with E-state index in [-0.39, 0.29) is 11.9 Å². The first-order valence-electron chi connectivity index (χ1n) is 14.3. The van der Waals surface area contributed by atoms with E-state index in [4.69, 9.17) is 6.15 Å². The van der Waals surface area contributed by atoms with E-state index in [9.17, 15) is 9.59 Å². The molecule has 0 saturated carbocycles. The van der Waals surface area contributed by atoms with Crippen LogP contribution in [-0.2, 0) is 15.7 Å². The molecular weight excluding hydrogens is 519 g/mol. The van der Waals surface area contributed by atoms with Crippen LogP contribution >= 0.6 is 0 Å². The van der Waals surface area contributed by atoms with Crippen molar-refractivity contribution in [2.45, 2.75) is 165 Å². The van der Waals surface area contributed by atoms with Gasteiger partial charge in [0.1, 0.15) is 0 Å². The van der Waals surface area contributed by atoms with Crippen molar-refractivity contribution in [1.29, 1.82) is 0 Å². The van der Waals surface area contributed by atoms with Crippen LogP contribution in [0.25, 0.3) is 0 Å². The van der Waals surface area contributed by atoms with Crippen molar-refractivity contribution in [2.75, 3.05) is 0 Å². The molecule has 0 saturated heterocycles. The van der Waals surface area contributed by atoms with Crippen LogP contribution in [-0.4, -0.2) is 31.1 Å². The van der Waals surface area contributed by atoms with Gasteiger partial charge in [-0.3, -0.25) is 0 Å². The first kappa shape index (κ1) is 32.7. The van der Waals surface area contributed by atoms with Crippen molar-refractivity contribution >= 4 is 31.1 Å². The third kappa shape index (κ3) is 22.0. The van der Waals surface area contributed by atoms with Gasteiger partial charge < -0.3 is 0 Å². The van der Waals surface area contributed by atoms with Gasteiger partial charge in [0.05, 0.1) is 0 Å². The van der Waals surface area contributed by atoms with Crippen LogP contribution in [0.2, 0.25) is 8.87 Å². The Labute approximate surface area is 211 Å². The molecule has 0 bridgehead atoms. The zero-order chi connectivity index (χ0) is 24.6. The van der Waals surface area contributed by atoms with Gasteiger partial charge in [-0.2, -0.15) is 0 Å². The Kier molecular flexibility index (Phi) is 23.3. The Balaban J connectivity index is 4.24. The fourth-order valence-corrected chi connectivity index (χ4v) is 14.1. The molecule has 0 amide bonds. The molecule has 0 aliphatic rings. The maximum absolute atomic E-state index is 11.8. The van der Waals surface area contributed by atoms with Crippen LogP contribution in [0.1, 0.15) is 156 Å². The summed E-state index contributed by atoms with van der Waals surface area (Å²) in [6, 6.07) is 0. The van der Waals surface area contributed by atoms with Crippen molar-refractivity contribution in [2.24, 2.45) is 0 Å². The fourth-order valence-electron chi connectivity index (χ4n) is 4.64. The molecule has 0 radical (unpaired) electrons. The van der Waals surface area contributed by atoms with Crippen LogP contribution in [0, 0.1) is 0 Å². The maximum atomic E-state index is 11.8. The van der Waals surface area contributed by atoms with Crippen LogP contribution in [0.15, 0.2) is 0 Å². The summed E-state index contributed by atoms with van der Waals surface area (Å²) in [6.45, 7) is 7.44. The van der Waals surface area contributed by atoms with Crippen LogP contribution in [0.5, 0.6) is 0 Å². The number of rotatable bonds is 24. The summed E-state index contributed by atoms with van der Waals surface area (Å²) in [7, 11) is 0. The average Bonchev–Trinajstić information content (AvgIpc) is 2.75. The topological polar surface area (TPSA) is 52.6 Å². The van der Waals surface area contributed by atoms with Crippen molar-refractivity contribution in [3.05, 3.63) is 0 Å². The van der Waals surface area contributed by atoms with Crippen LogP contribution in [0.3, 0.4) is 0 Å². The van der Waals surface area contributed by atoms with E-state index in [0.29, 0.717) is 0 Å². The number of hydrogen-bond donors (Lipinski definition) is 0. The summed E-state index contributed by atoms with van der Waals surface area (Å²) < 4.78 is 13.3. The minimum absolute atomic E-state index is 0.272. The molecule has 0 N–H and O–H groups in total. The molecule has 0 aromatic rings. The Morgan fingerprint density at radius 1 is 0.455 bits per heavy atom. The van der Waals surface area contributed by atoms with Gasteiger partial charge in [-0.25, -0.2) is 0 Å². The number of unbranched alkanes of at least 4 members (excludes halogenated alkanes) is 18. The zero-order valence-corrected chi connectivity index (χ0v) is 25.5. The number of hydrogen-bond acceptors (Lipinski definition) is 4. The van der Waals surface area contributed by atoms with Gasteiger partial charge in [0.25, 0.3) is 0 Å². The van der Waals surface area contributed by atoms with E-state index in [0.717, 1.165) is 34.6 Å². The third-order valence-corrected chi connectivity index (χ3v) is 16.6. The summed E-state index contributed by atoms with van der Waals surface area (Å²) >= 11 is -3.69. The van der Waals surface area contributed by atoms with Gasteiger partial charge in [-0.1, -0.05) is 0 Å². The molecule has 33 heavy (non-hydrogen) atoms. The third-order valence-electron chi connectivity index (χ3n) is 6.48. The molecule has 0 aromatic heterocycles. The van der Waals surface area contributed by atoms with Crippen molar-refractivity contribution in [3.8, 4) is 0 Å². The Bertz CT molecular complexity index is 425. The summed E-state index contributed by atoms with van der Waals surface area (Å²) in [6.07, 6.45) is 25.5. The summed E-state index contributed by atoms with van der Waals surface area (Å²) in [4.78, 5) is 23.7. The van der Waals surface area contributed by atoms with Crippen molar-refractivity contribution in [3.63, 3.8) is 0 Å². The van der Waals surface area contributed by atoms with Gasteiger partial charge in [-0.05, 0) is 0 Å². The van der Waals surface area contributed by atoms with E-state index >= 15 is 0 Å². The Morgan fingerprint density at radius 2 is 0.697 bits per heavy atom. The monoisotopic (exact) mass is 576 g/mol. The molecule has 0 rings (SSSR count). The minimum atomic E-state index is -3.69. The standard InChI is InChI=1S/2C12H25.2C2H4O2.Sn/c2*1-3-5-7-9-11-12-10-8-6-4-2;2*1-2(3)4;/h2*1,3-12H2,2H3;2*1H3,(H,3,4);/q;;;;+2/p-2. The Morgan fingerprint density at radius 3 is 0.939 bits per heavy atom. The first-order chi connectivity index (χ1) is 16.0. The molecule has 0 aliphatic carbocycles. The first-order valence-corrected chi connectivity index (χ1v) is 20.7. The van der Waals surface area contributed by atoms with Crippen molar-refractivity contribution < 1.29 is 15.7 Å². The predicted molar refractivity (Wildman–Crippen MR) is 143 cm³/mol. The Hall–Kier alpha value is -0.261. The molecule has 0 heterocycles. The van der Waals surface area contributed by atoms with Gasteiger partial charge >= 0.3 is 212 Å². The molecule has 0 unspecified atom stereocenters. The fraction of sp³-hybridized carbons (Fsp3) is 0.929.